The molecule has 2 fully saturated rings. The van der Waals surface area contributed by atoms with Gasteiger partial charge in [-0.25, -0.2) is 4.98 Å². The first-order valence-corrected chi connectivity index (χ1v) is 6.83. The van der Waals surface area contributed by atoms with Crippen LogP contribution >= 0.6 is 0 Å². The molecule has 0 spiro atoms. The highest BCUT2D eigenvalue weighted by Gasteiger charge is 2.34. The predicted octanol–water partition coefficient (Wildman–Crippen LogP) is 1.99. The highest BCUT2D eigenvalue weighted by atomic mass is 16.5. The zero-order valence-electron chi connectivity index (χ0n) is 10.9. The fourth-order valence-electron chi connectivity index (χ4n) is 2.69. The zero-order chi connectivity index (χ0) is 12.4. The molecule has 4 heteroatoms. The predicted molar refractivity (Wildman–Crippen MR) is 72.0 cm³/mol. The third-order valence-electron chi connectivity index (χ3n) is 3.92. The molecule has 1 aromatic rings. The van der Waals surface area contributed by atoms with Gasteiger partial charge in [-0.3, -0.25) is 0 Å². The molecule has 1 saturated heterocycles. The van der Waals surface area contributed by atoms with Crippen molar-refractivity contribution in [2.45, 2.75) is 25.3 Å². The van der Waals surface area contributed by atoms with Crippen LogP contribution in [0.5, 0.6) is 5.88 Å². The zero-order valence-corrected chi connectivity index (χ0v) is 10.9. The van der Waals surface area contributed by atoms with Crippen molar-refractivity contribution in [3.63, 3.8) is 0 Å². The van der Waals surface area contributed by atoms with Gasteiger partial charge in [0, 0.05) is 37.1 Å². The number of anilines is 1. The van der Waals surface area contributed by atoms with Crippen LogP contribution in [0.1, 0.15) is 19.3 Å². The largest absolute Gasteiger partial charge is 0.481 e. The summed E-state index contributed by atoms with van der Waals surface area (Å²) in [7, 11) is 1.65. The Morgan fingerprint density at radius 2 is 2.33 bits per heavy atom. The Morgan fingerprint density at radius 3 is 3.11 bits per heavy atom. The van der Waals surface area contributed by atoms with Gasteiger partial charge in [-0.2, -0.15) is 0 Å². The van der Waals surface area contributed by atoms with Crippen molar-refractivity contribution in [1.29, 1.82) is 0 Å². The number of likely N-dealkylation sites (tertiary alicyclic amines) is 1. The summed E-state index contributed by atoms with van der Waals surface area (Å²) in [5.74, 6) is 1.45. The van der Waals surface area contributed by atoms with Gasteiger partial charge in [0.1, 0.15) is 0 Å². The summed E-state index contributed by atoms with van der Waals surface area (Å²) in [5.41, 5.74) is 1.10. The molecule has 1 aliphatic heterocycles. The van der Waals surface area contributed by atoms with Crippen LogP contribution in [0.4, 0.5) is 5.69 Å². The molecule has 2 aliphatic rings. The van der Waals surface area contributed by atoms with Gasteiger partial charge >= 0.3 is 0 Å². The minimum atomic E-state index is 0.672. The fraction of sp³-hybridized carbons (Fsp3) is 0.643. The van der Waals surface area contributed by atoms with Gasteiger partial charge in [0.05, 0.1) is 7.11 Å². The minimum absolute atomic E-state index is 0.672. The molecule has 1 saturated carbocycles. The van der Waals surface area contributed by atoms with E-state index in [9.17, 15) is 0 Å². The Morgan fingerprint density at radius 1 is 1.44 bits per heavy atom. The second-order valence-corrected chi connectivity index (χ2v) is 5.35. The average molecular weight is 247 g/mol. The van der Waals surface area contributed by atoms with E-state index in [1.54, 1.807) is 13.3 Å². The second-order valence-electron chi connectivity index (χ2n) is 5.35. The molecule has 98 valence electrons. The Bertz CT molecular complexity index is 406. The minimum Gasteiger partial charge on any atom is -0.481 e. The molecule has 1 aliphatic carbocycles. The summed E-state index contributed by atoms with van der Waals surface area (Å²) in [4.78, 5) is 6.76. The number of pyridine rings is 1. The number of methoxy groups -OCH3 is 1. The van der Waals surface area contributed by atoms with Crippen molar-refractivity contribution in [3.05, 3.63) is 18.3 Å². The summed E-state index contributed by atoms with van der Waals surface area (Å²) in [6, 6.07) is 4.86. The summed E-state index contributed by atoms with van der Waals surface area (Å²) in [6.07, 6.45) is 5.95. The first-order chi connectivity index (χ1) is 8.85. The number of aromatic nitrogens is 1. The molecule has 0 aromatic carbocycles. The molecule has 0 amide bonds. The van der Waals surface area contributed by atoms with E-state index < -0.39 is 0 Å². The number of hydrogen-bond donors (Lipinski definition) is 1. The standard InChI is InChI=1S/C14H21N3O/c1-18-14-8-12(4-6-15-14)16-9-11-5-7-17(10-11)13-2-3-13/h4,6,8,11,13H,2-3,5,7,9-10H2,1H3,(H,15,16). The monoisotopic (exact) mass is 247 g/mol. The molecular formula is C14H21N3O. The van der Waals surface area contributed by atoms with Gasteiger partial charge in [0.2, 0.25) is 5.88 Å². The van der Waals surface area contributed by atoms with Gasteiger partial charge in [0.25, 0.3) is 0 Å². The van der Waals surface area contributed by atoms with E-state index in [-0.39, 0.29) is 0 Å². The Hall–Kier alpha value is -1.29. The number of nitrogens with one attached hydrogen (secondary N) is 1. The molecule has 1 atom stereocenters. The molecule has 2 heterocycles. The van der Waals surface area contributed by atoms with E-state index in [1.807, 2.05) is 12.1 Å². The van der Waals surface area contributed by atoms with Gasteiger partial charge in [-0.05, 0) is 37.8 Å². The van der Waals surface area contributed by atoms with Crippen LogP contribution in [0, 0.1) is 5.92 Å². The van der Waals surface area contributed by atoms with E-state index in [4.69, 9.17) is 4.74 Å². The fourth-order valence-corrected chi connectivity index (χ4v) is 2.69. The first kappa shape index (κ1) is 11.8. The van der Waals surface area contributed by atoms with Crippen molar-refractivity contribution < 1.29 is 4.74 Å². The van der Waals surface area contributed by atoms with E-state index in [0.29, 0.717) is 5.88 Å². The van der Waals surface area contributed by atoms with Crippen LogP contribution in [0.2, 0.25) is 0 Å². The second kappa shape index (κ2) is 5.14. The number of hydrogen-bond acceptors (Lipinski definition) is 4. The molecule has 18 heavy (non-hydrogen) atoms. The topological polar surface area (TPSA) is 37.4 Å². The molecule has 4 nitrogen and oxygen atoms in total. The lowest BCUT2D eigenvalue weighted by Crippen LogP contribution is -2.24. The maximum atomic E-state index is 5.12. The summed E-state index contributed by atoms with van der Waals surface area (Å²) in [5, 5.41) is 3.49. The van der Waals surface area contributed by atoms with Crippen molar-refractivity contribution in [2.75, 3.05) is 32.1 Å². The van der Waals surface area contributed by atoms with E-state index >= 15 is 0 Å². The van der Waals surface area contributed by atoms with Crippen LogP contribution in [0.15, 0.2) is 18.3 Å². The number of nitrogens with zero attached hydrogens (tertiary/aromatic N) is 2. The maximum absolute atomic E-state index is 5.12. The van der Waals surface area contributed by atoms with Crippen molar-refractivity contribution >= 4 is 5.69 Å². The summed E-state index contributed by atoms with van der Waals surface area (Å²) in [6.45, 7) is 3.60. The van der Waals surface area contributed by atoms with Crippen molar-refractivity contribution in [3.8, 4) is 5.88 Å². The molecule has 1 N–H and O–H groups in total. The SMILES string of the molecule is COc1cc(NCC2CCN(C3CC3)C2)ccn1. The van der Waals surface area contributed by atoms with E-state index in [1.165, 1.54) is 32.4 Å². The normalized spacial score (nSPS) is 24.2. The highest BCUT2D eigenvalue weighted by Crippen LogP contribution is 2.31. The molecule has 1 unspecified atom stereocenters. The number of ether oxygens (including phenoxy) is 1. The molecule has 0 bridgehead atoms. The lowest BCUT2D eigenvalue weighted by atomic mass is 10.1. The Labute approximate surface area is 108 Å². The summed E-state index contributed by atoms with van der Waals surface area (Å²) >= 11 is 0. The summed E-state index contributed by atoms with van der Waals surface area (Å²) < 4.78 is 5.12. The Kier molecular flexibility index (Phi) is 3.37. The first-order valence-electron chi connectivity index (χ1n) is 6.83. The van der Waals surface area contributed by atoms with E-state index in [2.05, 4.69) is 15.2 Å². The third-order valence-corrected chi connectivity index (χ3v) is 3.92. The Balaban J connectivity index is 1.48. The molecule has 0 radical (unpaired) electrons. The van der Waals surface area contributed by atoms with Gasteiger partial charge in [-0.1, -0.05) is 0 Å². The highest BCUT2D eigenvalue weighted by molar-refractivity contribution is 5.44. The van der Waals surface area contributed by atoms with Crippen molar-refractivity contribution in [2.24, 2.45) is 5.92 Å². The molecule has 1 aromatic heterocycles. The van der Waals surface area contributed by atoms with Crippen molar-refractivity contribution in [1.82, 2.24) is 9.88 Å². The average Bonchev–Trinajstić information content (AvgIpc) is 3.16. The van der Waals surface area contributed by atoms with Crippen LogP contribution in [-0.4, -0.2) is 42.7 Å². The van der Waals surface area contributed by atoms with Crippen LogP contribution < -0.4 is 10.1 Å². The van der Waals surface area contributed by atoms with Gasteiger partial charge in [0.15, 0.2) is 0 Å². The van der Waals surface area contributed by atoms with Crippen LogP contribution in [-0.2, 0) is 0 Å². The number of rotatable bonds is 5. The lowest BCUT2D eigenvalue weighted by molar-refractivity contribution is 0.316. The third kappa shape index (κ3) is 2.75. The quantitative estimate of drug-likeness (QED) is 0.863. The smallest absolute Gasteiger partial charge is 0.214 e. The van der Waals surface area contributed by atoms with E-state index in [0.717, 1.165) is 24.2 Å². The molecule has 3 rings (SSSR count). The van der Waals surface area contributed by atoms with Gasteiger partial charge < -0.3 is 15.0 Å². The maximum Gasteiger partial charge on any atom is 0.214 e. The van der Waals surface area contributed by atoms with Crippen LogP contribution in [0.3, 0.4) is 0 Å². The van der Waals surface area contributed by atoms with Gasteiger partial charge in [-0.15, -0.1) is 0 Å². The lowest BCUT2D eigenvalue weighted by Gasteiger charge is -2.15. The van der Waals surface area contributed by atoms with Crippen LogP contribution in [0.25, 0.3) is 0 Å². The molecular weight excluding hydrogens is 226 g/mol.